The SMILES string of the molecule is Cc1c2ccccc2c(-c2cccc3oc4ccc5c6ccccc6oc5c4c23)c2ccccc12. The number of aryl methyl sites for hydroxylation is 1. The van der Waals surface area contributed by atoms with Crippen LogP contribution in [0.3, 0.4) is 0 Å². The smallest absolute Gasteiger partial charge is 0.147 e. The lowest BCUT2D eigenvalue weighted by Crippen LogP contribution is -1.90. The molecule has 0 unspecified atom stereocenters. The predicted molar refractivity (Wildman–Crippen MR) is 146 cm³/mol. The first kappa shape index (κ1) is 18.8. The van der Waals surface area contributed by atoms with Crippen molar-refractivity contribution in [3.05, 3.63) is 109 Å². The molecule has 8 aromatic rings. The Hall–Kier alpha value is -4.56. The first-order chi connectivity index (χ1) is 17.3. The summed E-state index contributed by atoms with van der Waals surface area (Å²) in [6, 6.07) is 36.3. The molecule has 8 rings (SSSR count). The zero-order chi connectivity index (χ0) is 23.1. The molecule has 2 nitrogen and oxygen atoms in total. The van der Waals surface area contributed by atoms with E-state index in [1.807, 2.05) is 12.1 Å². The van der Waals surface area contributed by atoms with Gasteiger partial charge in [-0.15, -0.1) is 0 Å². The van der Waals surface area contributed by atoms with Gasteiger partial charge in [0.25, 0.3) is 0 Å². The van der Waals surface area contributed by atoms with E-state index in [-0.39, 0.29) is 0 Å². The molecule has 0 amide bonds. The average Bonchev–Trinajstić information content (AvgIpc) is 3.47. The molecule has 0 aliphatic heterocycles. The van der Waals surface area contributed by atoms with Gasteiger partial charge < -0.3 is 8.83 Å². The number of fused-ring (bicyclic) bond motifs is 9. The second-order valence-corrected chi connectivity index (χ2v) is 9.29. The van der Waals surface area contributed by atoms with Gasteiger partial charge in [0.2, 0.25) is 0 Å². The number of furan rings is 2. The maximum atomic E-state index is 6.46. The van der Waals surface area contributed by atoms with Crippen molar-refractivity contribution in [3.8, 4) is 11.1 Å². The normalized spacial score (nSPS) is 12.1. The molecule has 35 heavy (non-hydrogen) atoms. The fourth-order valence-electron chi connectivity index (χ4n) is 5.93. The van der Waals surface area contributed by atoms with Crippen LogP contribution in [0, 0.1) is 6.92 Å². The minimum Gasteiger partial charge on any atom is -0.456 e. The van der Waals surface area contributed by atoms with Crippen molar-refractivity contribution in [2.45, 2.75) is 6.92 Å². The summed E-state index contributed by atoms with van der Waals surface area (Å²) in [7, 11) is 0. The van der Waals surface area contributed by atoms with Gasteiger partial charge in [0.15, 0.2) is 0 Å². The zero-order valence-electron chi connectivity index (χ0n) is 19.1. The number of hydrogen-bond donors (Lipinski definition) is 0. The second-order valence-electron chi connectivity index (χ2n) is 9.29. The van der Waals surface area contributed by atoms with Crippen molar-refractivity contribution in [1.29, 1.82) is 0 Å². The summed E-state index contributed by atoms with van der Waals surface area (Å²) in [4.78, 5) is 0. The van der Waals surface area contributed by atoms with Gasteiger partial charge in [0.05, 0.1) is 5.39 Å². The standard InChI is InChI=1S/C33H20O2/c1-19-20-9-2-4-12-23(20)30(24-13-5-3-10-21(19)24)26-14-8-16-28-31(26)32-29(34-28)18-17-25-22-11-6-7-15-27(22)35-33(25)32/h2-18H,1H3. The van der Waals surface area contributed by atoms with Crippen molar-refractivity contribution in [2.24, 2.45) is 0 Å². The van der Waals surface area contributed by atoms with E-state index in [0.717, 1.165) is 43.9 Å². The molecule has 0 spiro atoms. The molecule has 6 aromatic carbocycles. The molecule has 2 heteroatoms. The Bertz CT molecular complexity index is 2060. The van der Waals surface area contributed by atoms with Crippen LogP contribution >= 0.6 is 0 Å². The highest BCUT2D eigenvalue weighted by atomic mass is 16.3. The van der Waals surface area contributed by atoms with Crippen LogP contribution in [-0.4, -0.2) is 0 Å². The van der Waals surface area contributed by atoms with E-state index in [2.05, 4.69) is 97.9 Å². The van der Waals surface area contributed by atoms with Crippen molar-refractivity contribution in [2.75, 3.05) is 0 Å². The van der Waals surface area contributed by atoms with E-state index in [9.17, 15) is 0 Å². The Morgan fingerprint density at radius 3 is 1.77 bits per heavy atom. The summed E-state index contributed by atoms with van der Waals surface area (Å²) in [5.41, 5.74) is 7.22. The molecule has 0 fully saturated rings. The zero-order valence-corrected chi connectivity index (χ0v) is 19.1. The van der Waals surface area contributed by atoms with Crippen LogP contribution in [-0.2, 0) is 0 Å². The third-order valence-electron chi connectivity index (χ3n) is 7.48. The van der Waals surface area contributed by atoms with Gasteiger partial charge in [0, 0.05) is 16.2 Å². The van der Waals surface area contributed by atoms with Gasteiger partial charge in [-0.1, -0.05) is 78.9 Å². The van der Waals surface area contributed by atoms with E-state index in [1.165, 1.54) is 38.2 Å². The van der Waals surface area contributed by atoms with Crippen LogP contribution in [0.5, 0.6) is 0 Å². The quantitative estimate of drug-likeness (QED) is 0.234. The van der Waals surface area contributed by atoms with Crippen LogP contribution in [0.25, 0.3) is 76.5 Å². The summed E-state index contributed by atoms with van der Waals surface area (Å²) in [6.45, 7) is 2.22. The predicted octanol–water partition coefficient (Wildman–Crippen LogP) is 9.77. The lowest BCUT2D eigenvalue weighted by Gasteiger charge is -2.16. The molecule has 2 aromatic heterocycles. The summed E-state index contributed by atoms with van der Waals surface area (Å²) in [5.74, 6) is 0. The van der Waals surface area contributed by atoms with Crippen molar-refractivity contribution in [3.63, 3.8) is 0 Å². The van der Waals surface area contributed by atoms with Crippen molar-refractivity contribution >= 4 is 65.4 Å². The van der Waals surface area contributed by atoms with Crippen molar-refractivity contribution in [1.82, 2.24) is 0 Å². The van der Waals surface area contributed by atoms with Gasteiger partial charge in [-0.25, -0.2) is 0 Å². The maximum Gasteiger partial charge on any atom is 0.147 e. The van der Waals surface area contributed by atoms with Gasteiger partial charge >= 0.3 is 0 Å². The minimum atomic E-state index is 0.847. The Morgan fingerprint density at radius 2 is 1.03 bits per heavy atom. The number of hydrogen-bond acceptors (Lipinski definition) is 2. The van der Waals surface area contributed by atoms with Gasteiger partial charge in [-0.3, -0.25) is 0 Å². The molecule has 0 atom stereocenters. The molecule has 0 bridgehead atoms. The number of benzene rings is 6. The Labute approximate surface area is 201 Å². The van der Waals surface area contributed by atoms with E-state index in [0.29, 0.717) is 0 Å². The molecule has 2 heterocycles. The molecule has 164 valence electrons. The van der Waals surface area contributed by atoms with Crippen LogP contribution < -0.4 is 0 Å². The van der Waals surface area contributed by atoms with Crippen LogP contribution in [0.4, 0.5) is 0 Å². The molecule has 0 aliphatic rings. The highest BCUT2D eigenvalue weighted by Gasteiger charge is 2.21. The molecule has 0 saturated heterocycles. The molecule has 0 N–H and O–H groups in total. The minimum absolute atomic E-state index is 0.847. The summed E-state index contributed by atoms with van der Waals surface area (Å²) < 4.78 is 12.9. The molecule has 0 aliphatic carbocycles. The van der Waals surface area contributed by atoms with E-state index < -0.39 is 0 Å². The Kier molecular flexibility index (Phi) is 3.62. The third-order valence-corrected chi connectivity index (χ3v) is 7.48. The van der Waals surface area contributed by atoms with Crippen molar-refractivity contribution < 1.29 is 8.83 Å². The van der Waals surface area contributed by atoms with Crippen LogP contribution in [0.2, 0.25) is 0 Å². The first-order valence-corrected chi connectivity index (χ1v) is 12.0. The molecular formula is C33H20O2. The van der Waals surface area contributed by atoms with Gasteiger partial charge in [-0.2, -0.15) is 0 Å². The van der Waals surface area contributed by atoms with E-state index in [4.69, 9.17) is 8.83 Å². The average molecular weight is 449 g/mol. The molecular weight excluding hydrogens is 428 g/mol. The largest absolute Gasteiger partial charge is 0.456 e. The highest BCUT2D eigenvalue weighted by molar-refractivity contribution is 6.27. The summed E-state index contributed by atoms with van der Waals surface area (Å²) >= 11 is 0. The fraction of sp³-hybridized carbons (Fsp3) is 0.0303. The second kappa shape index (κ2) is 6.74. The van der Waals surface area contributed by atoms with Crippen LogP contribution in [0.1, 0.15) is 5.56 Å². The highest BCUT2D eigenvalue weighted by Crippen LogP contribution is 2.46. The topological polar surface area (TPSA) is 26.3 Å². The lowest BCUT2D eigenvalue weighted by molar-refractivity contribution is 0.663. The van der Waals surface area contributed by atoms with E-state index >= 15 is 0 Å². The number of rotatable bonds is 1. The molecule has 0 radical (unpaired) electrons. The monoisotopic (exact) mass is 448 g/mol. The summed E-state index contributed by atoms with van der Waals surface area (Å²) in [6.07, 6.45) is 0. The van der Waals surface area contributed by atoms with Gasteiger partial charge in [-0.05, 0) is 69.4 Å². The van der Waals surface area contributed by atoms with Gasteiger partial charge in [0.1, 0.15) is 22.3 Å². The third kappa shape index (κ3) is 2.43. The van der Waals surface area contributed by atoms with Crippen LogP contribution in [0.15, 0.2) is 112 Å². The van der Waals surface area contributed by atoms with E-state index in [1.54, 1.807) is 0 Å². The first-order valence-electron chi connectivity index (χ1n) is 12.0. The fourth-order valence-corrected chi connectivity index (χ4v) is 5.93. The maximum absolute atomic E-state index is 6.46. The Morgan fingerprint density at radius 1 is 0.429 bits per heavy atom. The number of para-hydroxylation sites is 1. The summed E-state index contributed by atoms with van der Waals surface area (Å²) in [5, 5.41) is 9.44. The molecule has 0 saturated carbocycles. The lowest BCUT2D eigenvalue weighted by atomic mass is 9.87. The Balaban J connectivity index is 1.63.